The van der Waals surface area contributed by atoms with E-state index in [1.54, 1.807) is 22.0 Å². The van der Waals surface area contributed by atoms with Crippen molar-refractivity contribution >= 4 is 34.2 Å². The first-order valence-corrected chi connectivity index (χ1v) is 13.8. The number of ether oxygens (including phenoxy) is 1. The average Bonchev–Trinajstić information content (AvgIpc) is 3.58. The molecule has 0 aliphatic carbocycles. The van der Waals surface area contributed by atoms with E-state index in [0.29, 0.717) is 31.6 Å². The lowest BCUT2D eigenvalue weighted by atomic mass is 9.70. The van der Waals surface area contributed by atoms with Crippen LogP contribution >= 0.6 is 0 Å². The van der Waals surface area contributed by atoms with Crippen LogP contribution < -0.4 is 4.90 Å². The Morgan fingerprint density at radius 2 is 1.87 bits per heavy atom. The van der Waals surface area contributed by atoms with Gasteiger partial charge in [0.05, 0.1) is 24.5 Å². The lowest BCUT2D eigenvalue weighted by molar-refractivity contribution is -0.145. The van der Waals surface area contributed by atoms with Crippen LogP contribution in [0.3, 0.4) is 0 Å². The molecule has 0 aromatic heterocycles. The van der Waals surface area contributed by atoms with E-state index in [9.17, 15) is 19.5 Å². The SMILES string of the molecule is C=CCN(CCC)C(=O)[C@@H]1[C@H]2C(=O)N(CCO)C(C(=O)N(CC=C)c3ccc4ccccc4c3)C23CC[C@H]1O3. The first-order chi connectivity index (χ1) is 18.9. The van der Waals surface area contributed by atoms with Crippen LogP contribution in [0.25, 0.3) is 10.8 Å². The summed E-state index contributed by atoms with van der Waals surface area (Å²) in [4.78, 5) is 47.0. The highest BCUT2D eigenvalue weighted by atomic mass is 16.5. The Morgan fingerprint density at radius 3 is 2.56 bits per heavy atom. The van der Waals surface area contributed by atoms with Crippen molar-refractivity contribution < 1.29 is 24.2 Å². The van der Waals surface area contributed by atoms with Crippen molar-refractivity contribution in [3.63, 3.8) is 0 Å². The molecule has 5 atom stereocenters. The van der Waals surface area contributed by atoms with Crippen LogP contribution in [0.1, 0.15) is 26.2 Å². The number of carbonyl (C=O) groups is 3. The van der Waals surface area contributed by atoms with Crippen molar-refractivity contribution in [3.8, 4) is 0 Å². The van der Waals surface area contributed by atoms with Gasteiger partial charge in [0.2, 0.25) is 11.8 Å². The third kappa shape index (κ3) is 4.36. The topological polar surface area (TPSA) is 90.4 Å². The van der Waals surface area contributed by atoms with E-state index in [0.717, 1.165) is 17.2 Å². The number of hydrogen-bond donors (Lipinski definition) is 1. The Bertz CT molecular complexity index is 1290. The molecule has 3 fully saturated rings. The largest absolute Gasteiger partial charge is 0.395 e. The van der Waals surface area contributed by atoms with Crippen LogP contribution in [0.5, 0.6) is 0 Å². The summed E-state index contributed by atoms with van der Waals surface area (Å²) in [6.45, 7) is 10.5. The number of aliphatic hydroxyl groups is 1. The number of benzene rings is 2. The lowest BCUT2D eigenvalue weighted by Crippen LogP contribution is -2.57. The highest BCUT2D eigenvalue weighted by molar-refractivity contribution is 6.05. The molecule has 8 heteroatoms. The molecule has 206 valence electrons. The number of amides is 3. The van der Waals surface area contributed by atoms with E-state index in [4.69, 9.17) is 4.74 Å². The number of β-amino-alcohol motifs (C(OH)–C–C–N with tert-alkyl or cyclic N) is 1. The fourth-order valence-electron chi connectivity index (χ4n) is 6.93. The number of carbonyl (C=O) groups excluding carboxylic acids is 3. The summed E-state index contributed by atoms with van der Waals surface area (Å²) in [5, 5.41) is 11.9. The molecule has 3 saturated heterocycles. The van der Waals surface area contributed by atoms with E-state index >= 15 is 0 Å². The Balaban J connectivity index is 1.54. The van der Waals surface area contributed by atoms with Gasteiger partial charge in [-0.05, 0) is 42.2 Å². The summed E-state index contributed by atoms with van der Waals surface area (Å²) in [5.74, 6) is -2.15. The summed E-state index contributed by atoms with van der Waals surface area (Å²) in [5.41, 5.74) is -0.424. The van der Waals surface area contributed by atoms with Crippen LogP contribution in [0.4, 0.5) is 5.69 Å². The van der Waals surface area contributed by atoms with Crippen molar-refractivity contribution in [1.82, 2.24) is 9.80 Å². The molecule has 1 N–H and O–H groups in total. The summed E-state index contributed by atoms with van der Waals surface area (Å²) < 4.78 is 6.55. The zero-order chi connectivity index (χ0) is 27.7. The summed E-state index contributed by atoms with van der Waals surface area (Å²) >= 11 is 0. The van der Waals surface area contributed by atoms with E-state index in [1.165, 1.54) is 4.90 Å². The van der Waals surface area contributed by atoms with Gasteiger partial charge in [-0.1, -0.05) is 49.4 Å². The first-order valence-electron chi connectivity index (χ1n) is 13.8. The predicted octanol–water partition coefficient (Wildman–Crippen LogP) is 3.15. The normalized spacial score (nSPS) is 27.0. The van der Waals surface area contributed by atoms with E-state index in [1.807, 2.05) is 49.4 Å². The zero-order valence-electron chi connectivity index (χ0n) is 22.5. The molecule has 3 aliphatic rings. The second-order valence-corrected chi connectivity index (χ2v) is 10.7. The molecule has 1 spiro atoms. The molecule has 2 aromatic rings. The van der Waals surface area contributed by atoms with Gasteiger partial charge in [0.1, 0.15) is 11.6 Å². The van der Waals surface area contributed by atoms with E-state index in [2.05, 4.69) is 13.2 Å². The molecule has 8 nitrogen and oxygen atoms in total. The lowest BCUT2D eigenvalue weighted by Gasteiger charge is -2.37. The van der Waals surface area contributed by atoms with Gasteiger partial charge in [-0.25, -0.2) is 0 Å². The number of fused-ring (bicyclic) bond motifs is 2. The maximum atomic E-state index is 14.5. The van der Waals surface area contributed by atoms with Gasteiger partial charge in [-0.2, -0.15) is 0 Å². The van der Waals surface area contributed by atoms with Crippen molar-refractivity contribution in [2.75, 3.05) is 37.7 Å². The molecular weight excluding hydrogens is 494 g/mol. The first kappa shape index (κ1) is 27.1. The number of hydrogen-bond acceptors (Lipinski definition) is 5. The molecule has 2 unspecified atom stereocenters. The predicted molar refractivity (Wildman–Crippen MR) is 150 cm³/mol. The van der Waals surface area contributed by atoms with Crippen LogP contribution in [0.15, 0.2) is 67.8 Å². The van der Waals surface area contributed by atoms with E-state index in [-0.39, 0.29) is 37.4 Å². The number of aliphatic hydroxyl groups excluding tert-OH is 1. The molecule has 0 saturated carbocycles. The highest BCUT2D eigenvalue weighted by Crippen LogP contribution is 2.59. The van der Waals surface area contributed by atoms with Gasteiger partial charge in [0.25, 0.3) is 5.91 Å². The zero-order valence-corrected chi connectivity index (χ0v) is 22.5. The molecule has 39 heavy (non-hydrogen) atoms. The molecule has 2 bridgehead atoms. The van der Waals surface area contributed by atoms with Crippen LogP contribution in [0, 0.1) is 11.8 Å². The molecule has 3 amide bonds. The van der Waals surface area contributed by atoms with E-state index < -0.39 is 29.6 Å². The average molecular weight is 532 g/mol. The van der Waals surface area contributed by atoms with Crippen molar-refractivity contribution in [2.45, 2.75) is 43.9 Å². The number of likely N-dealkylation sites (tertiary alicyclic amines) is 1. The van der Waals surface area contributed by atoms with Crippen LogP contribution in [0.2, 0.25) is 0 Å². The molecular formula is C31H37N3O5. The van der Waals surface area contributed by atoms with Crippen LogP contribution in [-0.2, 0) is 19.1 Å². The van der Waals surface area contributed by atoms with Gasteiger partial charge in [0.15, 0.2) is 0 Å². The van der Waals surface area contributed by atoms with Crippen molar-refractivity contribution in [2.24, 2.45) is 11.8 Å². The van der Waals surface area contributed by atoms with Gasteiger partial charge < -0.3 is 24.5 Å². The molecule has 2 aromatic carbocycles. The highest BCUT2D eigenvalue weighted by Gasteiger charge is 2.74. The minimum atomic E-state index is -1.11. The van der Waals surface area contributed by atoms with Crippen molar-refractivity contribution in [3.05, 3.63) is 67.8 Å². The maximum absolute atomic E-state index is 14.5. The maximum Gasteiger partial charge on any atom is 0.253 e. The minimum absolute atomic E-state index is 0.00654. The number of anilines is 1. The van der Waals surface area contributed by atoms with Gasteiger partial charge >= 0.3 is 0 Å². The molecule has 3 aliphatic heterocycles. The van der Waals surface area contributed by atoms with Gasteiger partial charge in [-0.3, -0.25) is 14.4 Å². The molecule has 0 radical (unpaired) electrons. The third-order valence-corrected chi connectivity index (χ3v) is 8.44. The van der Waals surface area contributed by atoms with Gasteiger partial charge in [0, 0.05) is 31.9 Å². The Morgan fingerprint density at radius 1 is 1.13 bits per heavy atom. The summed E-state index contributed by atoms with van der Waals surface area (Å²) in [6, 6.07) is 12.8. The fourth-order valence-corrected chi connectivity index (χ4v) is 6.93. The Hall–Kier alpha value is -3.49. The Labute approximate surface area is 229 Å². The van der Waals surface area contributed by atoms with Crippen LogP contribution in [-0.4, -0.2) is 83.2 Å². The second-order valence-electron chi connectivity index (χ2n) is 10.7. The second kappa shape index (κ2) is 10.9. The number of nitrogens with zero attached hydrogens (tertiary/aromatic N) is 3. The monoisotopic (exact) mass is 531 g/mol. The molecule has 3 heterocycles. The Kier molecular flexibility index (Phi) is 7.60. The summed E-state index contributed by atoms with van der Waals surface area (Å²) in [7, 11) is 0. The summed E-state index contributed by atoms with van der Waals surface area (Å²) in [6.07, 6.45) is 4.81. The smallest absolute Gasteiger partial charge is 0.253 e. The standard InChI is InChI=1S/C31H37N3O5/c1-4-15-32(16-5-2)28(36)25-24-13-14-31(39-24)26(25)29(37)34(18-19-35)27(31)30(38)33(17-6-3)23-12-11-21-9-7-8-10-22(21)20-23/h4,6-12,20,24-27,35H,1,3,5,13-19H2,2H3/t24-,25+,26+,27?,31?/m1/s1. The molecule has 5 rings (SSSR count). The van der Waals surface area contributed by atoms with Gasteiger partial charge in [-0.15, -0.1) is 13.2 Å². The minimum Gasteiger partial charge on any atom is -0.395 e. The fraction of sp³-hybridized carbons (Fsp3) is 0.452. The number of rotatable bonds is 11. The van der Waals surface area contributed by atoms with Crippen molar-refractivity contribution in [1.29, 1.82) is 0 Å². The quantitative estimate of drug-likeness (QED) is 0.450. The third-order valence-electron chi connectivity index (χ3n) is 8.44.